The number of benzene rings is 1. The summed E-state index contributed by atoms with van der Waals surface area (Å²) >= 11 is 0. The first-order chi connectivity index (χ1) is 9.67. The maximum atomic E-state index is 11.9. The lowest BCUT2D eigenvalue weighted by atomic mass is 9.95. The van der Waals surface area contributed by atoms with Crippen molar-refractivity contribution in [2.24, 2.45) is 10.3 Å². The average molecular weight is 294 g/mol. The van der Waals surface area contributed by atoms with Crippen molar-refractivity contribution in [1.82, 2.24) is 5.32 Å². The fourth-order valence-corrected chi connectivity index (χ4v) is 3.82. The maximum Gasteiger partial charge on any atom is 0.286 e. The zero-order valence-corrected chi connectivity index (χ0v) is 12.0. The van der Waals surface area contributed by atoms with Crippen LogP contribution in [0.5, 0.6) is 0 Å². The number of ether oxygens (including phenoxy) is 1. The summed E-state index contributed by atoms with van der Waals surface area (Å²) in [4.78, 5) is 0.247. The molecular formula is C14H18N2O3S. The Morgan fingerprint density at radius 2 is 2.00 bits per heavy atom. The number of rotatable bonds is 3. The molecule has 0 radical (unpaired) electrons. The van der Waals surface area contributed by atoms with Gasteiger partial charge in [-0.05, 0) is 50.4 Å². The SMILES string of the molecule is O=S1(=O)N=C(OCCC2CCNCC2)c2ccccc21. The molecule has 0 unspecified atom stereocenters. The summed E-state index contributed by atoms with van der Waals surface area (Å²) in [6.07, 6.45) is 3.26. The molecule has 0 saturated carbocycles. The Kier molecular flexibility index (Phi) is 3.76. The van der Waals surface area contributed by atoms with Gasteiger partial charge in [-0.25, -0.2) is 0 Å². The van der Waals surface area contributed by atoms with Crippen molar-refractivity contribution in [2.45, 2.75) is 24.2 Å². The van der Waals surface area contributed by atoms with Gasteiger partial charge in [-0.3, -0.25) is 0 Å². The maximum absolute atomic E-state index is 11.9. The Balaban J connectivity index is 1.64. The van der Waals surface area contributed by atoms with Crippen LogP contribution in [0.4, 0.5) is 0 Å². The van der Waals surface area contributed by atoms with Crippen LogP contribution in [0.15, 0.2) is 33.6 Å². The summed E-state index contributed by atoms with van der Waals surface area (Å²) in [6, 6.07) is 6.80. The third-order valence-corrected chi connectivity index (χ3v) is 5.14. The van der Waals surface area contributed by atoms with E-state index in [0.717, 1.165) is 32.4 Å². The molecule has 1 aromatic carbocycles. The molecule has 1 saturated heterocycles. The summed E-state index contributed by atoms with van der Waals surface area (Å²) < 4.78 is 33.0. The summed E-state index contributed by atoms with van der Waals surface area (Å²) in [6.45, 7) is 2.64. The molecule has 2 heterocycles. The van der Waals surface area contributed by atoms with Gasteiger partial charge in [0.15, 0.2) is 0 Å². The van der Waals surface area contributed by atoms with E-state index in [1.165, 1.54) is 0 Å². The van der Waals surface area contributed by atoms with Crippen LogP contribution < -0.4 is 5.32 Å². The van der Waals surface area contributed by atoms with Crippen LogP contribution in [-0.2, 0) is 14.8 Å². The van der Waals surface area contributed by atoms with Gasteiger partial charge in [0.2, 0.25) is 5.90 Å². The normalized spacial score (nSPS) is 21.3. The van der Waals surface area contributed by atoms with Crippen molar-refractivity contribution in [3.63, 3.8) is 0 Å². The van der Waals surface area contributed by atoms with Gasteiger partial charge in [-0.1, -0.05) is 12.1 Å². The van der Waals surface area contributed by atoms with Gasteiger partial charge >= 0.3 is 0 Å². The van der Waals surface area contributed by atoms with Crippen LogP contribution >= 0.6 is 0 Å². The summed E-state index contributed by atoms with van der Waals surface area (Å²) in [5.74, 6) is 0.902. The number of fused-ring (bicyclic) bond motifs is 1. The van der Waals surface area contributed by atoms with Crippen molar-refractivity contribution in [3.05, 3.63) is 29.8 Å². The van der Waals surface area contributed by atoms with Crippen molar-refractivity contribution in [3.8, 4) is 0 Å². The molecule has 6 heteroatoms. The number of hydrogen-bond acceptors (Lipinski definition) is 4. The van der Waals surface area contributed by atoms with Crippen molar-refractivity contribution in [2.75, 3.05) is 19.7 Å². The van der Waals surface area contributed by atoms with E-state index in [2.05, 4.69) is 9.71 Å². The van der Waals surface area contributed by atoms with E-state index in [0.29, 0.717) is 18.1 Å². The zero-order chi connectivity index (χ0) is 14.0. The average Bonchev–Trinajstić information content (AvgIpc) is 2.72. The Morgan fingerprint density at radius 1 is 1.25 bits per heavy atom. The molecule has 1 aromatic rings. The second-order valence-electron chi connectivity index (χ2n) is 5.20. The van der Waals surface area contributed by atoms with Crippen molar-refractivity contribution >= 4 is 15.9 Å². The van der Waals surface area contributed by atoms with Gasteiger partial charge in [0, 0.05) is 0 Å². The molecule has 108 valence electrons. The molecule has 0 bridgehead atoms. The van der Waals surface area contributed by atoms with E-state index in [1.807, 2.05) is 0 Å². The molecule has 0 aromatic heterocycles. The van der Waals surface area contributed by atoms with Crippen LogP contribution in [-0.4, -0.2) is 34.0 Å². The fourth-order valence-electron chi connectivity index (χ4n) is 2.67. The molecule has 0 amide bonds. The monoisotopic (exact) mass is 294 g/mol. The fraction of sp³-hybridized carbons (Fsp3) is 0.500. The Morgan fingerprint density at radius 3 is 2.80 bits per heavy atom. The molecule has 3 rings (SSSR count). The Labute approximate surface area is 119 Å². The van der Waals surface area contributed by atoms with Gasteiger partial charge < -0.3 is 10.1 Å². The quantitative estimate of drug-likeness (QED) is 0.918. The van der Waals surface area contributed by atoms with Crippen molar-refractivity contribution < 1.29 is 13.2 Å². The lowest BCUT2D eigenvalue weighted by molar-refractivity contribution is 0.244. The first-order valence-electron chi connectivity index (χ1n) is 6.95. The van der Waals surface area contributed by atoms with E-state index >= 15 is 0 Å². The third kappa shape index (κ3) is 2.71. The minimum absolute atomic E-state index is 0.245. The van der Waals surface area contributed by atoms with E-state index in [1.54, 1.807) is 24.3 Å². The molecular weight excluding hydrogens is 276 g/mol. The van der Waals surface area contributed by atoms with Crippen LogP contribution in [0.3, 0.4) is 0 Å². The van der Waals surface area contributed by atoms with E-state index in [4.69, 9.17) is 4.74 Å². The Bertz CT molecular complexity index is 619. The minimum Gasteiger partial charge on any atom is -0.477 e. The largest absolute Gasteiger partial charge is 0.477 e. The lowest BCUT2D eigenvalue weighted by Gasteiger charge is -2.22. The number of hydrogen-bond donors (Lipinski definition) is 1. The molecule has 0 spiro atoms. The minimum atomic E-state index is -3.56. The second kappa shape index (κ2) is 5.54. The van der Waals surface area contributed by atoms with E-state index < -0.39 is 10.0 Å². The van der Waals surface area contributed by atoms with Crippen LogP contribution in [0, 0.1) is 5.92 Å². The topological polar surface area (TPSA) is 67.8 Å². The predicted octanol–water partition coefficient (Wildman–Crippen LogP) is 1.54. The number of nitrogens with one attached hydrogen (secondary N) is 1. The Hall–Kier alpha value is -1.40. The standard InChI is InChI=1S/C14H18N2O3S/c17-20(18)13-4-2-1-3-12(13)14(16-20)19-10-7-11-5-8-15-9-6-11/h1-4,11,15H,5-10H2. The third-order valence-electron chi connectivity index (χ3n) is 3.82. The number of sulfonamides is 1. The summed E-state index contributed by atoms with van der Waals surface area (Å²) in [5.41, 5.74) is 0.581. The molecule has 2 aliphatic heterocycles. The first kappa shape index (κ1) is 13.6. The summed E-state index contributed by atoms with van der Waals surface area (Å²) in [5, 5.41) is 3.33. The highest BCUT2D eigenvalue weighted by Gasteiger charge is 2.29. The molecule has 1 fully saturated rings. The van der Waals surface area contributed by atoms with E-state index in [9.17, 15) is 8.42 Å². The highest BCUT2D eigenvalue weighted by molar-refractivity contribution is 7.90. The summed E-state index contributed by atoms with van der Waals surface area (Å²) in [7, 11) is -3.56. The predicted molar refractivity (Wildman–Crippen MR) is 76.3 cm³/mol. The van der Waals surface area contributed by atoms with Crippen LogP contribution in [0.25, 0.3) is 0 Å². The zero-order valence-electron chi connectivity index (χ0n) is 11.2. The van der Waals surface area contributed by atoms with Gasteiger partial charge in [0.05, 0.1) is 12.2 Å². The van der Waals surface area contributed by atoms with Crippen LogP contribution in [0.1, 0.15) is 24.8 Å². The second-order valence-corrected chi connectivity index (χ2v) is 6.77. The lowest BCUT2D eigenvalue weighted by Crippen LogP contribution is -2.28. The molecule has 0 aliphatic carbocycles. The smallest absolute Gasteiger partial charge is 0.286 e. The highest BCUT2D eigenvalue weighted by Crippen LogP contribution is 2.26. The highest BCUT2D eigenvalue weighted by atomic mass is 32.2. The van der Waals surface area contributed by atoms with E-state index in [-0.39, 0.29) is 10.8 Å². The van der Waals surface area contributed by atoms with Gasteiger partial charge in [0.25, 0.3) is 10.0 Å². The van der Waals surface area contributed by atoms with Gasteiger partial charge in [-0.2, -0.15) is 8.42 Å². The number of piperidine rings is 1. The van der Waals surface area contributed by atoms with Gasteiger partial charge in [0.1, 0.15) is 4.90 Å². The molecule has 1 N–H and O–H groups in total. The number of nitrogens with zero attached hydrogens (tertiary/aromatic N) is 1. The van der Waals surface area contributed by atoms with Crippen molar-refractivity contribution in [1.29, 1.82) is 0 Å². The molecule has 2 aliphatic rings. The van der Waals surface area contributed by atoms with Gasteiger partial charge in [-0.15, -0.1) is 4.40 Å². The first-order valence-corrected chi connectivity index (χ1v) is 8.39. The molecule has 20 heavy (non-hydrogen) atoms. The van der Waals surface area contributed by atoms with Crippen LogP contribution in [0.2, 0.25) is 0 Å². The molecule has 0 atom stereocenters. The molecule has 5 nitrogen and oxygen atoms in total.